The molecule has 1 atom stereocenters. The maximum absolute atomic E-state index is 11.2. The van der Waals surface area contributed by atoms with Crippen molar-refractivity contribution in [1.29, 1.82) is 0 Å². The Morgan fingerprint density at radius 2 is 1.83 bits per heavy atom. The fraction of sp³-hybridized carbons (Fsp3) is 0.714. The van der Waals surface area contributed by atoms with Crippen molar-refractivity contribution in [3.8, 4) is 0 Å². The third kappa shape index (κ3) is 1.73. The number of carbonyl (C=O) groups excluding carboxylic acids is 2. The molecule has 1 aliphatic heterocycles. The molecule has 0 saturated carbocycles. The van der Waals surface area contributed by atoms with Gasteiger partial charge in [-0.15, -0.1) is 0 Å². The van der Waals surface area contributed by atoms with Crippen LogP contribution in [0.25, 0.3) is 0 Å². The number of hydrazine groups is 1. The van der Waals surface area contributed by atoms with Crippen LogP contribution in [0.2, 0.25) is 0 Å². The number of nitrogens with one attached hydrogen (secondary N) is 3. The van der Waals surface area contributed by atoms with E-state index in [2.05, 4.69) is 16.2 Å². The standard InChI is InChI=1S/C7H13N3O2/c1-7(2,3)4-5(11)8-6(12)10-9-4/h4,9H,1-3H3,(H2,8,10,11,12). The Morgan fingerprint density at radius 3 is 2.25 bits per heavy atom. The molecule has 3 N–H and O–H groups in total. The van der Waals surface area contributed by atoms with Gasteiger partial charge in [0, 0.05) is 0 Å². The summed E-state index contributed by atoms with van der Waals surface area (Å²) in [4.78, 5) is 21.9. The third-order valence-corrected chi connectivity index (χ3v) is 1.69. The van der Waals surface area contributed by atoms with E-state index in [1.54, 1.807) is 0 Å². The quantitative estimate of drug-likeness (QED) is 0.470. The number of rotatable bonds is 0. The average Bonchev–Trinajstić information content (AvgIpc) is 1.83. The molecule has 3 amide bonds. The monoisotopic (exact) mass is 171 g/mol. The molecule has 0 aromatic carbocycles. The van der Waals surface area contributed by atoms with Crippen LogP contribution in [0, 0.1) is 5.41 Å². The summed E-state index contributed by atoms with van der Waals surface area (Å²) in [6.45, 7) is 5.76. The van der Waals surface area contributed by atoms with E-state index in [1.165, 1.54) is 0 Å². The molecule has 0 spiro atoms. The van der Waals surface area contributed by atoms with Crippen LogP contribution in [0.1, 0.15) is 20.8 Å². The SMILES string of the molecule is CC(C)(C)C1NNC(=O)NC1=O. The van der Waals surface area contributed by atoms with Gasteiger partial charge in [0.1, 0.15) is 6.04 Å². The van der Waals surface area contributed by atoms with Crippen molar-refractivity contribution < 1.29 is 9.59 Å². The summed E-state index contributed by atoms with van der Waals surface area (Å²) < 4.78 is 0. The minimum atomic E-state index is -0.500. The van der Waals surface area contributed by atoms with E-state index in [9.17, 15) is 9.59 Å². The predicted molar refractivity (Wildman–Crippen MR) is 43.1 cm³/mol. The third-order valence-electron chi connectivity index (χ3n) is 1.69. The molecule has 1 rings (SSSR count). The van der Waals surface area contributed by atoms with Gasteiger partial charge in [0.2, 0.25) is 5.91 Å². The molecule has 1 saturated heterocycles. The lowest BCUT2D eigenvalue weighted by Crippen LogP contribution is -2.66. The van der Waals surface area contributed by atoms with E-state index in [-0.39, 0.29) is 17.4 Å². The van der Waals surface area contributed by atoms with Crippen LogP contribution in [0.15, 0.2) is 0 Å². The van der Waals surface area contributed by atoms with Crippen molar-refractivity contribution in [2.45, 2.75) is 26.8 Å². The molecular weight excluding hydrogens is 158 g/mol. The van der Waals surface area contributed by atoms with Crippen molar-refractivity contribution in [3.63, 3.8) is 0 Å². The fourth-order valence-corrected chi connectivity index (χ4v) is 1.03. The number of carbonyl (C=O) groups is 2. The van der Waals surface area contributed by atoms with Gasteiger partial charge in [-0.05, 0) is 5.41 Å². The lowest BCUT2D eigenvalue weighted by Gasteiger charge is -2.33. The second-order valence-corrected chi connectivity index (χ2v) is 3.89. The van der Waals surface area contributed by atoms with Crippen LogP contribution in [0.3, 0.4) is 0 Å². The number of imide groups is 1. The Morgan fingerprint density at radius 1 is 1.25 bits per heavy atom. The van der Waals surface area contributed by atoms with Gasteiger partial charge in [-0.25, -0.2) is 10.2 Å². The fourth-order valence-electron chi connectivity index (χ4n) is 1.03. The Kier molecular flexibility index (Phi) is 2.06. The maximum atomic E-state index is 11.2. The van der Waals surface area contributed by atoms with Gasteiger partial charge < -0.3 is 0 Å². The highest BCUT2D eigenvalue weighted by atomic mass is 16.2. The zero-order valence-electron chi connectivity index (χ0n) is 7.39. The van der Waals surface area contributed by atoms with Crippen molar-refractivity contribution in [1.82, 2.24) is 16.2 Å². The molecule has 12 heavy (non-hydrogen) atoms. The number of amides is 3. The molecule has 0 bridgehead atoms. The summed E-state index contributed by atoms with van der Waals surface area (Å²) in [5.74, 6) is -0.286. The smallest absolute Gasteiger partial charge is 0.276 e. The molecule has 5 nitrogen and oxygen atoms in total. The highest BCUT2D eigenvalue weighted by Crippen LogP contribution is 2.19. The van der Waals surface area contributed by atoms with E-state index in [0.717, 1.165) is 0 Å². The van der Waals surface area contributed by atoms with Crippen LogP contribution in [-0.2, 0) is 4.79 Å². The minimum Gasteiger partial charge on any atom is -0.276 e. The first-order valence-corrected chi connectivity index (χ1v) is 3.77. The topological polar surface area (TPSA) is 70.2 Å². The van der Waals surface area contributed by atoms with Gasteiger partial charge in [0.15, 0.2) is 0 Å². The van der Waals surface area contributed by atoms with E-state index in [0.29, 0.717) is 0 Å². The predicted octanol–water partition coefficient (Wildman–Crippen LogP) is -0.255. The molecule has 0 aromatic rings. The molecule has 0 radical (unpaired) electrons. The first kappa shape index (κ1) is 8.99. The summed E-state index contributed by atoms with van der Waals surface area (Å²) in [5.41, 5.74) is 4.78. The summed E-state index contributed by atoms with van der Waals surface area (Å²) in [5, 5.41) is 2.18. The molecule has 68 valence electrons. The van der Waals surface area contributed by atoms with Gasteiger partial charge in [0.25, 0.3) is 0 Å². The number of hydrogen-bond donors (Lipinski definition) is 3. The van der Waals surface area contributed by atoms with E-state index in [4.69, 9.17) is 0 Å². The minimum absolute atomic E-state index is 0.211. The molecule has 1 unspecified atom stereocenters. The molecule has 0 aromatic heterocycles. The van der Waals surface area contributed by atoms with Crippen LogP contribution < -0.4 is 16.2 Å². The van der Waals surface area contributed by atoms with E-state index in [1.807, 2.05) is 20.8 Å². The average molecular weight is 171 g/mol. The van der Waals surface area contributed by atoms with Crippen LogP contribution in [0.4, 0.5) is 4.79 Å². The van der Waals surface area contributed by atoms with Crippen molar-refractivity contribution in [2.24, 2.45) is 5.41 Å². The normalized spacial score (nSPS) is 24.8. The van der Waals surface area contributed by atoms with Gasteiger partial charge >= 0.3 is 6.03 Å². The maximum Gasteiger partial charge on any atom is 0.335 e. The van der Waals surface area contributed by atoms with Crippen LogP contribution in [0.5, 0.6) is 0 Å². The molecule has 1 heterocycles. The summed E-state index contributed by atoms with van der Waals surface area (Å²) >= 11 is 0. The van der Waals surface area contributed by atoms with E-state index >= 15 is 0 Å². The highest BCUT2D eigenvalue weighted by molar-refractivity contribution is 5.99. The molecule has 1 aliphatic rings. The Balaban J connectivity index is 2.69. The number of hydrogen-bond acceptors (Lipinski definition) is 3. The van der Waals surface area contributed by atoms with Crippen molar-refractivity contribution >= 4 is 11.9 Å². The van der Waals surface area contributed by atoms with Crippen molar-refractivity contribution in [3.05, 3.63) is 0 Å². The molecule has 5 heteroatoms. The lowest BCUT2D eigenvalue weighted by atomic mass is 9.86. The Bertz CT molecular complexity index is 219. The first-order chi connectivity index (χ1) is 5.41. The second kappa shape index (κ2) is 2.75. The van der Waals surface area contributed by atoms with Gasteiger partial charge in [-0.1, -0.05) is 20.8 Å². The Hall–Kier alpha value is -1.10. The van der Waals surface area contributed by atoms with Gasteiger partial charge in [0.05, 0.1) is 0 Å². The summed E-state index contributed by atoms with van der Waals surface area (Å²) in [6, 6.07) is -0.879. The molecule has 1 fully saturated rings. The summed E-state index contributed by atoms with van der Waals surface area (Å²) in [6.07, 6.45) is 0. The van der Waals surface area contributed by atoms with Gasteiger partial charge in [-0.3, -0.25) is 15.5 Å². The largest absolute Gasteiger partial charge is 0.335 e. The van der Waals surface area contributed by atoms with E-state index < -0.39 is 6.03 Å². The van der Waals surface area contributed by atoms with Gasteiger partial charge in [-0.2, -0.15) is 0 Å². The van der Waals surface area contributed by atoms with Crippen molar-refractivity contribution in [2.75, 3.05) is 0 Å². The zero-order chi connectivity index (χ0) is 9.35. The molecular formula is C7H13N3O2. The number of urea groups is 1. The van der Waals surface area contributed by atoms with Crippen LogP contribution in [-0.4, -0.2) is 18.0 Å². The second-order valence-electron chi connectivity index (χ2n) is 3.89. The highest BCUT2D eigenvalue weighted by Gasteiger charge is 2.35. The Labute approximate surface area is 70.9 Å². The summed E-state index contributed by atoms with van der Waals surface area (Å²) in [7, 11) is 0. The molecule has 0 aliphatic carbocycles. The zero-order valence-corrected chi connectivity index (χ0v) is 7.39. The lowest BCUT2D eigenvalue weighted by molar-refractivity contribution is -0.125. The van der Waals surface area contributed by atoms with Crippen LogP contribution >= 0.6 is 0 Å². The first-order valence-electron chi connectivity index (χ1n) is 3.77.